The predicted molar refractivity (Wildman–Crippen MR) is 161 cm³/mol. The molecule has 0 aromatic heterocycles. The van der Waals surface area contributed by atoms with E-state index >= 15 is 0 Å². The van der Waals surface area contributed by atoms with Gasteiger partial charge < -0.3 is 33.7 Å². The summed E-state index contributed by atoms with van der Waals surface area (Å²) in [6, 6.07) is 22.2. The molecule has 1 aliphatic rings. The van der Waals surface area contributed by atoms with Gasteiger partial charge in [-0.1, -0.05) is 48.0 Å². The molecule has 8 heteroatoms. The van der Waals surface area contributed by atoms with Crippen LogP contribution in [0.1, 0.15) is 41.9 Å². The van der Waals surface area contributed by atoms with Crippen molar-refractivity contribution in [3.05, 3.63) is 88.4 Å². The van der Waals surface area contributed by atoms with Crippen molar-refractivity contribution in [2.75, 3.05) is 53.7 Å². The van der Waals surface area contributed by atoms with Crippen LogP contribution in [0.3, 0.4) is 0 Å². The molecule has 7 nitrogen and oxygen atoms in total. The van der Waals surface area contributed by atoms with Crippen molar-refractivity contribution < 1.29 is 28.4 Å². The topological polar surface area (TPSA) is 67.4 Å². The van der Waals surface area contributed by atoms with E-state index in [0.29, 0.717) is 56.3 Å². The number of ether oxygens (including phenoxy) is 6. The van der Waals surface area contributed by atoms with Crippen molar-refractivity contribution >= 4 is 11.6 Å². The Morgan fingerprint density at radius 2 is 1.63 bits per heavy atom. The number of halogens is 1. The second-order valence-electron chi connectivity index (χ2n) is 10.0. The first-order valence-corrected chi connectivity index (χ1v) is 14.7. The Morgan fingerprint density at radius 3 is 2.46 bits per heavy atom. The minimum atomic E-state index is 0.0673. The maximum absolute atomic E-state index is 6.42. The SMILES string of the molecule is COCCCOc1cc(CO[C@H]2CNCC[C@@H]2c2ccc(OCCCOCc3ccccc3OC)cc2)ccc1Cl. The lowest BCUT2D eigenvalue weighted by Gasteiger charge is -2.32. The van der Waals surface area contributed by atoms with Crippen LogP contribution in [-0.4, -0.2) is 59.8 Å². The maximum atomic E-state index is 6.42. The molecule has 222 valence electrons. The minimum absolute atomic E-state index is 0.0673. The zero-order valence-corrected chi connectivity index (χ0v) is 24.9. The van der Waals surface area contributed by atoms with Crippen LogP contribution < -0.4 is 19.5 Å². The van der Waals surface area contributed by atoms with Crippen molar-refractivity contribution in [3.8, 4) is 17.2 Å². The zero-order valence-electron chi connectivity index (χ0n) is 24.1. The highest BCUT2D eigenvalue weighted by Crippen LogP contribution is 2.31. The van der Waals surface area contributed by atoms with Gasteiger partial charge in [-0.15, -0.1) is 0 Å². The van der Waals surface area contributed by atoms with Crippen molar-refractivity contribution in [2.45, 2.75) is 44.5 Å². The number of benzene rings is 3. The molecular weight excluding hydrogens is 542 g/mol. The molecule has 0 amide bonds. The molecule has 0 saturated carbocycles. The quantitative estimate of drug-likeness (QED) is 0.184. The summed E-state index contributed by atoms with van der Waals surface area (Å²) in [4.78, 5) is 0. The van der Waals surface area contributed by atoms with Crippen LogP contribution in [0.5, 0.6) is 17.2 Å². The largest absolute Gasteiger partial charge is 0.496 e. The van der Waals surface area contributed by atoms with Gasteiger partial charge in [-0.25, -0.2) is 0 Å². The third kappa shape index (κ3) is 9.90. The Balaban J connectivity index is 1.21. The molecule has 0 radical (unpaired) electrons. The molecule has 3 aromatic rings. The third-order valence-electron chi connectivity index (χ3n) is 7.10. The van der Waals surface area contributed by atoms with E-state index in [0.717, 1.165) is 55.0 Å². The molecule has 0 bridgehead atoms. The Kier molecular flexibility index (Phi) is 13.1. The van der Waals surface area contributed by atoms with Gasteiger partial charge in [-0.2, -0.15) is 0 Å². The molecular formula is C33H42ClNO6. The Morgan fingerprint density at radius 1 is 0.829 bits per heavy atom. The summed E-state index contributed by atoms with van der Waals surface area (Å²) in [5.41, 5.74) is 3.35. The lowest BCUT2D eigenvalue weighted by molar-refractivity contribution is 0.0105. The van der Waals surface area contributed by atoms with Crippen molar-refractivity contribution in [1.29, 1.82) is 0 Å². The lowest BCUT2D eigenvalue weighted by Crippen LogP contribution is -2.40. The van der Waals surface area contributed by atoms with Gasteiger partial charge in [0, 0.05) is 44.6 Å². The minimum Gasteiger partial charge on any atom is -0.496 e. The highest BCUT2D eigenvalue weighted by molar-refractivity contribution is 6.32. The molecule has 0 unspecified atom stereocenters. The van der Waals surface area contributed by atoms with Crippen molar-refractivity contribution in [2.24, 2.45) is 0 Å². The molecule has 1 heterocycles. The van der Waals surface area contributed by atoms with E-state index in [1.807, 2.05) is 42.5 Å². The van der Waals surface area contributed by atoms with Crippen LogP contribution in [0.2, 0.25) is 5.02 Å². The van der Waals surface area contributed by atoms with Gasteiger partial charge in [0.05, 0.1) is 51.3 Å². The highest BCUT2D eigenvalue weighted by atomic mass is 35.5. The summed E-state index contributed by atoms with van der Waals surface area (Å²) in [6.45, 7) is 5.25. The fraction of sp³-hybridized carbons (Fsp3) is 0.455. The lowest BCUT2D eigenvalue weighted by atomic mass is 9.87. The Labute approximate surface area is 249 Å². The van der Waals surface area contributed by atoms with E-state index in [1.165, 1.54) is 5.56 Å². The molecule has 0 aliphatic carbocycles. The van der Waals surface area contributed by atoms with E-state index in [4.69, 9.17) is 40.0 Å². The summed E-state index contributed by atoms with van der Waals surface area (Å²) in [6.07, 6.45) is 2.71. The predicted octanol–water partition coefficient (Wildman–Crippen LogP) is 6.41. The number of para-hydroxylation sites is 1. The van der Waals surface area contributed by atoms with Crippen molar-refractivity contribution in [1.82, 2.24) is 5.32 Å². The molecule has 4 rings (SSSR count). The second kappa shape index (κ2) is 17.2. The first-order valence-electron chi connectivity index (χ1n) is 14.3. The molecule has 1 fully saturated rings. The fourth-order valence-corrected chi connectivity index (χ4v) is 5.06. The molecule has 3 aromatic carbocycles. The Bertz CT molecular complexity index is 1170. The summed E-state index contributed by atoms with van der Waals surface area (Å²) >= 11 is 6.33. The number of hydrogen-bond acceptors (Lipinski definition) is 7. The molecule has 1 aliphatic heterocycles. The number of rotatable bonds is 17. The molecule has 1 N–H and O–H groups in total. The van der Waals surface area contributed by atoms with Crippen LogP contribution in [0, 0.1) is 0 Å². The molecule has 1 saturated heterocycles. The summed E-state index contributed by atoms with van der Waals surface area (Å²) in [5, 5.41) is 4.08. The smallest absolute Gasteiger partial charge is 0.138 e. The number of methoxy groups -OCH3 is 2. The van der Waals surface area contributed by atoms with Gasteiger partial charge in [-0.3, -0.25) is 0 Å². The average Bonchev–Trinajstić information content (AvgIpc) is 3.02. The first-order chi connectivity index (χ1) is 20.2. The van der Waals surface area contributed by atoms with E-state index in [9.17, 15) is 0 Å². The van der Waals surface area contributed by atoms with Crippen LogP contribution >= 0.6 is 11.6 Å². The molecule has 0 spiro atoms. The van der Waals surface area contributed by atoms with Gasteiger partial charge in [0.2, 0.25) is 0 Å². The van der Waals surface area contributed by atoms with Crippen LogP contribution in [0.4, 0.5) is 0 Å². The zero-order chi connectivity index (χ0) is 28.7. The van der Waals surface area contributed by atoms with Crippen LogP contribution in [-0.2, 0) is 27.4 Å². The van der Waals surface area contributed by atoms with Gasteiger partial charge in [0.15, 0.2) is 0 Å². The summed E-state index contributed by atoms with van der Waals surface area (Å²) in [7, 11) is 3.36. The van der Waals surface area contributed by atoms with Gasteiger partial charge in [0.25, 0.3) is 0 Å². The number of hydrogen-bond donors (Lipinski definition) is 1. The van der Waals surface area contributed by atoms with Crippen LogP contribution in [0.15, 0.2) is 66.7 Å². The van der Waals surface area contributed by atoms with E-state index in [1.54, 1.807) is 14.2 Å². The standard InChI is InChI=1S/C33H42ClNO6/c1-36-17-5-20-40-32-21-25(9-14-30(32)34)23-41-33-22-35-16-15-29(33)26-10-12-28(13-11-26)39-19-6-18-38-24-27-7-3-4-8-31(27)37-2/h3-4,7-14,21,29,33,35H,5-6,15-20,22-24H2,1-2H3/t29-,33+/m1/s1. The van der Waals surface area contributed by atoms with Crippen molar-refractivity contribution in [3.63, 3.8) is 0 Å². The summed E-state index contributed by atoms with van der Waals surface area (Å²) in [5.74, 6) is 2.71. The average molecular weight is 584 g/mol. The van der Waals surface area contributed by atoms with E-state index < -0.39 is 0 Å². The number of piperidine rings is 1. The van der Waals surface area contributed by atoms with Gasteiger partial charge in [0.1, 0.15) is 17.2 Å². The molecule has 2 atom stereocenters. The first kappa shape index (κ1) is 31.1. The van der Waals surface area contributed by atoms with Crippen LogP contribution in [0.25, 0.3) is 0 Å². The molecule has 41 heavy (non-hydrogen) atoms. The maximum Gasteiger partial charge on any atom is 0.138 e. The normalized spacial score (nSPS) is 16.9. The number of nitrogens with one attached hydrogen (secondary N) is 1. The van der Waals surface area contributed by atoms with E-state index in [2.05, 4.69) is 29.6 Å². The second-order valence-corrected chi connectivity index (χ2v) is 10.5. The van der Waals surface area contributed by atoms with E-state index in [-0.39, 0.29) is 6.10 Å². The van der Waals surface area contributed by atoms with Gasteiger partial charge in [-0.05, 0) is 54.4 Å². The third-order valence-corrected chi connectivity index (χ3v) is 7.41. The summed E-state index contributed by atoms with van der Waals surface area (Å²) < 4.78 is 34.5. The van der Waals surface area contributed by atoms with Gasteiger partial charge >= 0.3 is 0 Å². The monoisotopic (exact) mass is 583 g/mol. The highest BCUT2D eigenvalue weighted by Gasteiger charge is 2.27. The Hall–Kier alpha value is -2.81. The fourth-order valence-electron chi connectivity index (χ4n) is 4.89.